The van der Waals surface area contributed by atoms with Gasteiger partial charge in [0.15, 0.2) is 4.90 Å². The molecule has 0 aromatic heterocycles. The molecule has 190 valence electrons. The zero-order chi connectivity index (χ0) is 25.4. The number of fused-ring (bicyclic) bond motifs is 3. The van der Waals surface area contributed by atoms with Crippen LogP contribution in [-0.2, 0) is 24.3 Å². The third-order valence-corrected chi connectivity index (χ3v) is 9.27. The molecule has 0 aliphatic carbocycles. The second-order valence-electron chi connectivity index (χ2n) is 10.0. The fourth-order valence-corrected chi connectivity index (χ4v) is 6.94. The lowest BCUT2D eigenvalue weighted by Crippen LogP contribution is -2.39. The van der Waals surface area contributed by atoms with Crippen molar-refractivity contribution < 1.29 is 4.55 Å². The number of anilines is 3. The minimum atomic E-state index is -1.19. The Balaban J connectivity index is 1.40. The van der Waals surface area contributed by atoms with Gasteiger partial charge in [-0.3, -0.25) is 0 Å². The first-order valence-corrected chi connectivity index (χ1v) is 14.0. The van der Waals surface area contributed by atoms with Gasteiger partial charge in [-0.1, -0.05) is 36.4 Å². The topological polar surface area (TPSA) is 84.8 Å². The first-order valence-electron chi connectivity index (χ1n) is 12.9. The summed E-state index contributed by atoms with van der Waals surface area (Å²) in [5.74, 6) is 6.10. The number of hydrogen-bond donors (Lipinski definition) is 2. The smallest absolute Gasteiger partial charge is 0.197 e. The quantitative estimate of drug-likeness (QED) is 0.220. The average molecular weight is 504 g/mol. The van der Waals surface area contributed by atoms with Crippen molar-refractivity contribution in [1.29, 1.82) is 0 Å². The molecule has 2 heterocycles. The van der Waals surface area contributed by atoms with Gasteiger partial charge in [-0.05, 0) is 86.1 Å². The van der Waals surface area contributed by atoms with E-state index in [2.05, 4.69) is 59.5 Å². The Labute approximate surface area is 218 Å². The minimum Gasteiger partial charge on any atom is -0.593 e. The van der Waals surface area contributed by atoms with Crippen LogP contribution >= 0.6 is 0 Å². The van der Waals surface area contributed by atoms with Crippen LogP contribution in [-0.4, -0.2) is 34.5 Å². The van der Waals surface area contributed by atoms with E-state index in [-0.39, 0.29) is 0 Å². The molecule has 4 N–H and O–H groups in total. The number of hydrogen-bond acceptors (Lipinski definition) is 6. The fraction of sp³-hybridized carbons (Fsp3) is 0.379. The number of benzene rings is 3. The van der Waals surface area contributed by atoms with Crippen LogP contribution in [0.1, 0.15) is 47.6 Å². The highest BCUT2D eigenvalue weighted by Gasteiger charge is 2.39. The number of nitrogens with two attached hydrogens (primary N) is 2. The van der Waals surface area contributed by atoms with Crippen LogP contribution in [0.3, 0.4) is 0 Å². The van der Waals surface area contributed by atoms with Gasteiger partial charge in [0.1, 0.15) is 0 Å². The Morgan fingerprint density at radius 3 is 2.69 bits per heavy atom. The summed E-state index contributed by atoms with van der Waals surface area (Å²) in [7, 11) is 0. The molecule has 3 aromatic rings. The van der Waals surface area contributed by atoms with Gasteiger partial charge >= 0.3 is 0 Å². The SMILES string of the molecule is CCN(N)c1ccc(Cc2ccc(C)c(CN3CC4CCCN4c4ccccc4[S+]3[O-])c2)c(C)c1N. The van der Waals surface area contributed by atoms with Crippen LogP contribution in [0.15, 0.2) is 59.5 Å². The van der Waals surface area contributed by atoms with Crippen molar-refractivity contribution in [3.63, 3.8) is 0 Å². The van der Waals surface area contributed by atoms with Crippen LogP contribution in [0.5, 0.6) is 0 Å². The monoisotopic (exact) mass is 503 g/mol. The van der Waals surface area contributed by atoms with Gasteiger partial charge in [0.2, 0.25) is 0 Å². The summed E-state index contributed by atoms with van der Waals surface area (Å²) >= 11 is -1.19. The second kappa shape index (κ2) is 10.3. The predicted octanol–water partition coefficient (Wildman–Crippen LogP) is 4.68. The van der Waals surface area contributed by atoms with Crippen molar-refractivity contribution in [2.75, 3.05) is 35.3 Å². The van der Waals surface area contributed by atoms with E-state index in [1.165, 1.54) is 28.7 Å². The van der Waals surface area contributed by atoms with Crippen molar-refractivity contribution in [1.82, 2.24) is 4.31 Å². The van der Waals surface area contributed by atoms with Gasteiger partial charge in [-0.2, -0.15) is 0 Å². The summed E-state index contributed by atoms with van der Waals surface area (Å²) in [4.78, 5) is 3.40. The van der Waals surface area contributed by atoms with Gasteiger partial charge in [-0.25, -0.2) is 5.84 Å². The third-order valence-electron chi connectivity index (χ3n) is 7.80. The molecule has 6 nitrogen and oxygen atoms in total. The summed E-state index contributed by atoms with van der Waals surface area (Å²) in [5, 5.41) is 1.68. The lowest BCUT2D eigenvalue weighted by molar-refractivity contribution is 0.383. The highest BCUT2D eigenvalue weighted by Crippen LogP contribution is 2.37. The van der Waals surface area contributed by atoms with Crippen molar-refractivity contribution in [3.8, 4) is 0 Å². The highest BCUT2D eigenvalue weighted by molar-refractivity contribution is 7.89. The number of aryl methyl sites for hydroxylation is 1. The highest BCUT2D eigenvalue weighted by atomic mass is 32.2. The summed E-state index contributed by atoms with van der Waals surface area (Å²) in [5.41, 5.74) is 15.1. The van der Waals surface area contributed by atoms with Gasteiger partial charge in [0.25, 0.3) is 0 Å². The molecule has 2 atom stereocenters. The van der Waals surface area contributed by atoms with Crippen LogP contribution < -0.4 is 21.5 Å². The van der Waals surface area contributed by atoms with Gasteiger partial charge < -0.3 is 20.2 Å². The normalized spacial score (nSPS) is 19.6. The largest absolute Gasteiger partial charge is 0.593 e. The lowest BCUT2D eigenvalue weighted by Gasteiger charge is -2.26. The second-order valence-corrected chi connectivity index (χ2v) is 11.5. The van der Waals surface area contributed by atoms with E-state index in [4.69, 9.17) is 11.6 Å². The van der Waals surface area contributed by atoms with Crippen LogP contribution in [0.2, 0.25) is 0 Å². The van der Waals surface area contributed by atoms with E-state index >= 15 is 0 Å². The zero-order valence-corrected chi connectivity index (χ0v) is 22.4. The number of nitrogens with zero attached hydrogens (tertiary/aromatic N) is 3. The number of para-hydroxylation sites is 1. The third kappa shape index (κ3) is 4.68. The van der Waals surface area contributed by atoms with Crippen LogP contribution in [0, 0.1) is 13.8 Å². The van der Waals surface area contributed by atoms with Crippen molar-refractivity contribution in [3.05, 3.63) is 82.4 Å². The Hall–Kier alpha value is -2.71. The maximum atomic E-state index is 13.7. The van der Waals surface area contributed by atoms with Gasteiger partial charge in [0.05, 0.1) is 41.5 Å². The minimum absolute atomic E-state index is 0.412. The van der Waals surface area contributed by atoms with Crippen molar-refractivity contribution >= 4 is 28.4 Å². The molecule has 1 saturated heterocycles. The number of rotatable bonds is 6. The van der Waals surface area contributed by atoms with E-state index < -0.39 is 11.4 Å². The van der Waals surface area contributed by atoms with Gasteiger partial charge in [0, 0.05) is 19.1 Å². The molecule has 1 fully saturated rings. The summed E-state index contributed by atoms with van der Waals surface area (Å²) in [6, 6.07) is 19.4. The molecule has 0 saturated carbocycles. The molecule has 3 aromatic carbocycles. The maximum Gasteiger partial charge on any atom is 0.197 e. The first kappa shape index (κ1) is 25.0. The molecular weight excluding hydrogens is 466 g/mol. The van der Waals surface area contributed by atoms with E-state index in [1.807, 2.05) is 25.1 Å². The zero-order valence-electron chi connectivity index (χ0n) is 21.5. The number of nitrogen functional groups attached to an aromatic ring is 1. The average Bonchev–Trinajstić information content (AvgIpc) is 3.31. The van der Waals surface area contributed by atoms with E-state index in [1.54, 1.807) is 5.01 Å². The standard InChI is InChI=1S/C29H37N5OS/c1-4-34(31)27-14-13-23(21(3)29(27)30)16-22-12-11-20(2)24(17-22)18-32-19-25-8-7-15-33(25)26-9-5-6-10-28(26)36(32)35/h5-6,9-14,17,25H,4,7-8,15-16,18-19,30-31H2,1-3H3. The summed E-state index contributed by atoms with van der Waals surface area (Å²) < 4.78 is 15.9. The Morgan fingerprint density at radius 2 is 1.89 bits per heavy atom. The molecule has 2 unspecified atom stereocenters. The Bertz CT molecular complexity index is 1250. The molecule has 2 aliphatic heterocycles. The van der Waals surface area contributed by atoms with Crippen LogP contribution in [0.25, 0.3) is 0 Å². The first-order chi connectivity index (χ1) is 17.4. The van der Waals surface area contributed by atoms with E-state index in [9.17, 15) is 4.55 Å². The Morgan fingerprint density at radius 1 is 1.08 bits per heavy atom. The molecule has 0 bridgehead atoms. The molecule has 0 amide bonds. The van der Waals surface area contributed by atoms with Gasteiger partial charge in [-0.15, -0.1) is 4.31 Å². The molecule has 36 heavy (non-hydrogen) atoms. The molecule has 0 spiro atoms. The lowest BCUT2D eigenvalue weighted by atomic mass is 9.96. The fourth-order valence-electron chi connectivity index (χ4n) is 5.54. The summed E-state index contributed by atoms with van der Waals surface area (Å²) in [6.07, 6.45) is 3.13. The van der Waals surface area contributed by atoms with E-state index in [0.29, 0.717) is 19.1 Å². The number of hydrazine groups is 1. The molecule has 2 aliphatic rings. The predicted molar refractivity (Wildman–Crippen MR) is 150 cm³/mol. The molecular formula is C29H37N5OS. The molecule has 7 heteroatoms. The van der Waals surface area contributed by atoms with Crippen LogP contribution in [0.4, 0.5) is 17.1 Å². The molecule has 0 radical (unpaired) electrons. The maximum absolute atomic E-state index is 13.7. The summed E-state index contributed by atoms with van der Waals surface area (Å²) in [6.45, 7) is 9.45. The van der Waals surface area contributed by atoms with Crippen molar-refractivity contribution in [2.24, 2.45) is 5.84 Å². The van der Waals surface area contributed by atoms with Crippen molar-refractivity contribution in [2.45, 2.75) is 57.5 Å². The Kier molecular flexibility index (Phi) is 7.17. The van der Waals surface area contributed by atoms with E-state index in [0.717, 1.165) is 53.5 Å². The molecule has 5 rings (SSSR count).